The van der Waals surface area contributed by atoms with E-state index in [1.54, 1.807) is 13.4 Å². The molecule has 0 radical (unpaired) electrons. The molecule has 0 saturated heterocycles. The number of methoxy groups -OCH3 is 1. The van der Waals surface area contributed by atoms with Crippen molar-refractivity contribution in [1.82, 2.24) is 0 Å². The number of aryl methyl sites for hydroxylation is 1. The van der Waals surface area contributed by atoms with Gasteiger partial charge in [-0.25, -0.2) is 0 Å². The molecule has 0 unspecified atom stereocenters. The van der Waals surface area contributed by atoms with Crippen molar-refractivity contribution in [2.75, 3.05) is 7.11 Å². The van der Waals surface area contributed by atoms with Crippen molar-refractivity contribution >= 4 is 16.9 Å². The molecule has 0 saturated carbocycles. The van der Waals surface area contributed by atoms with Gasteiger partial charge in [-0.15, -0.1) is 0 Å². The van der Waals surface area contributed by atoms with Crippen molar-refractivity contribution in [3.8, 4) is 5.75 Å². The zero-order valence-electron chi connectivity index (χ0n) is 13.2. The molecule has 0 fully saturated rings. The molecule has 0 aliphatic heterocycles. The molecule has 4 nitrogen and oxygen atoms in total. The van der Waals surface area contributed by atoms with E-state index in [1.165, 1.54) is 0 Å². The third-order valence-corrected chi connectivity index (χ3v) is 3.70. The van der Waals surface area contributed by atoms with Gasteiger partial charge in [0.1, 0.15) is 17.9 Å². The molecule has 118 valence electrons. The lowest BCUT2D eigenvalue weighted by atomic mass is 10.1. The van der Waals surface area contributed by atoms with Crippen LogP contribution in [0, 0.1) is 6.92 Å². The Labute approximate surface area is 134 Å². The van der Waals surface area contributed by atoms with E-state index in [0.717, 1.165) is 33.4 Å². The van der Waals surface area contributed by atoms with Crippen molar-refractivity contribution in [1.29, 1.82) is 0 Å². The van der Waals surface area contributed by atoms with Gasteiger partial charge in [0.2, 0.25) is 0 Å². The van der Waals surface area contributed by atoms with Crippen LogP contribution in [0.5, 0.6) is 5.75 Å². The second kappa shape index (κ2) is 6.57. The lowest BCUT2D eigenvalue weighted by Gasteiger charge is -2.05. The lowest BCUT2D eigenvalue weighted by molar-refractivity contribution is -0.144. The Morgan fingerprint density at radius 3 is 2.65 bits per heavy atom. The van der Waals surface area contributed by atoms with Gasteiger partial charge in [0.05, 0.1) is 19.8 Å². The molecule has 0 bridgehead atoms. The van der Waals surface area contributed by atoms with Crippen molar-refractivity contribution in [2.45, 2.75) is 20.0 Å². The molecule has 3 aromatic rings. The summed E-state index contributed by atoms with van der Waals surface area (Å²) in [5, 5.41) is 0.956. The van der Waals surface area contributed by atoms with E-state index in [2.05, 4.69) is 0 Å². The summed E-state index contributed by atoms with van der Waals surface area (Å²) in [5.41, 5.74) is 3.69. The first kappa shape index (κ1) is 15.2. The van der Waals surface area contributed by atoms with Gasteiger partial charge in [-0.2, -0.15) is 0 Å². The zero-order chi connectivity index (χ0) is 16.2. The van der Waals surface area contributed by atoms with Crippen LogP contribution in [0.4, 0.5) is 0 Å². The van der Waals surface area contributed by atoms with Gasteiger partial charge in [-0.3, -0.25) is 4.79 Å². The molecular formula is C19H18O4. The minimum absolute atomic E-state index is 0.201. The van der Waals surface area contributed by atoms with Gasteiger partial charge in [0.25, 0.3) is 0 Å². The van der Waals surface area contributed by atoms with Crippen LogP contribution in [0.25, 0.3) is 11.0 Å². The third-order valence-electron chi connectivity index (χ3n) is 3.70. The molecule has 1 aromatic heterocycles. The summed E-state index contributed by atoms with van der Waals surface area (Å²) in [6.07, 6.45) is 1.82. The van der Waals surface area contributed by atoms with E-state index in [4.69, 9.17) is 13.9 Å². The molecule has 0 aliphatic rings. The summed E-state index contributed by atoms with van der Waals surface area (Å²) in [6, 6.07) is 13.4. The number of fused-ring (bicyclic) bond motifs is 1. The molecule has 0 aliphatic carbocycles. The highest BCUT2D eigenvalue weighted by Crippen LogP contribution is 2.23. The maximum Gasteiger partial charge on any atom is 0.310 e. The summed E-state index contributed by atoms with van der Waals surface area (Å²) in [7, 11) is 1.62. The predicted molar refractivity (Wildman–Crippen MR) is 87.4 cm³/mol. The van der Waals surface area contributed by atoms with Crippen LogP contribution in [0.3, 0.4) is 0 Å². The first-order chi connectivity index (χ1) is 11.2. The standard InChI is InChI=1S/C19H18O4/c1-13-3-8-17-15(12-22-18(17)9-13)10-19(20)23-11-14-4-6-16(21-2)7-5-14/h3-9,12H,10-11H2,1-2H3. The van der Waals surface area contributed by atoms with Gasteiger partial charge in [-0.1, -0.05) is 24.3 Å². The highest BCUT2D eigenvalue weighted by molar-refractivity contribution is 5.86. The first-order valence-electron chi connectivity index (χ1n) is 7.41. The van der Waals surface area contributed by atoms with Crippen LogP contribution >= 0.6 is 0 Å². The summed E-state index contributed by atoms with van der Waals surface area (Å²) in [5.74, 6) is 0.504. The van der Waals surface area contributed by atoms with Crippen LogP contribution in [-0.2, 0) is 22.6 Å². The number of hydrogen-bond donors (Lipinski definition) is 0. The summed E-state index contributed by atoms with van der Waals surface area (Å²) >= 11 is 0. The van der Waals surface area contributed by atoms with Crippen LogP contribution in [0.1, 0.15) is 16.7 Å². The van der Waals surface area contributed by atoms with E-state index < -0.39 is 0 Å². The average molecular weight is 310 g/mol. The van der Waals surface area contributed by atoms with Gasteiger partial charge in [0.15, 0.2) is 0 Å². The van der Waals surface area contributed by atoms with Crippen molar-refractivity contribution < 1.29 is 18.7 Å². The van der Waals surface area contributed by atoms with Crippen molar-refractivity contribution in [2.24, 2.45) is 0 Å². The average Bonchev–Trinajstić information content (AvgIpc) is 2.95. The quantitative estimate of drug-likeness (QED) is 0.667. The monoisotopic (exact) mass is 310 g/mol. The molecule has 0 amide bonds. The highest BCUT2D eigenvalue weighted by Gasteiger charge is 2.11. The van der Waals surface area contributed by atoms with Crippen molar-refractivity contribution in [3.63, 3.8) is 0 Å². The van der Waals surface area contributed by atoms with Crippen molar-refractivity contribution in [3.05, 3.63) is 65.4 Å². The Hall–Kier alpha value is -2.75. The second-order valence-corrected chi connectivity index (χ2v) is 5.45. The summed E-state index contributed by atoms with van der Waals surface area (Å²) < 4.78 is 15.9. The molecule has 2 aromatic carbocycles. The molecule has 3 rings (SSSR count). The summed E-state index contributed by atoms with van der Waals surface area (Å²) in [4.78, 5) is 12.0. The molecule has 23 heavy (non-hydrogen) atoms. The fourth-order valence-electron chi connectivity index (χ4n) is 2.42. The minimum atomic E-state index is -0.274. The maximum atomic E-state index is 12.0. The number of hydrogen-bond acceptors (Lipinski definition) is 4. The van der Waals surface area contributed by atoms with Gasteiger partial charge in [-0.05, 0) is 36.2 Å². The van der Waals surface area contributed by atoms with E-state index in [9.17, 15) is 4.79 Å². The van der Waals surface area contributed by atoms with Gasteiger partial charge >= 0.3 is 5.97 Å². The molecule has 1 heterocycles. The van der Waals surface area contributed by atoms with E-state index in [0.29, 0.717) is 0 Å². The van der Waals surface area contributed by atoms with Crippen LogP contribution in [0.15, 0.2) is 53.1 Å². The fourth-order valence-corrected chi connectivity index (χ4v) is 2.42. The van der Waals surface area contributed by atoms with Gasteiger partial charge < -0.3 is 13.9 Å². The SMILES string of the molecule is COc1ccc(COC(=O)Cc2coc3cc(C)ccc23)cc1. The summed E-state index contributed by atoms with van der Waals surface area (Å²) in [6.45, 7) is 2.25. The van der Waals surface area contributed by atoms with Crippen LogP contribution in [-0.4, -0.2) is 13.1 Å². The number of carbonyl (C=O) groups excluding carboxylic acids is 1. The first-order valence-corrected chi connectivity index (χ1v) is 7.41. The van der Waals surface area contributed by atoms with E-state index in [1.807, 2.05) is 49.4 Å². The molecule has 0 spiro atoms. The Morgan fingerprint density at radius 2 is 1.91 bits per heavy atom. The fraction of sp³-hybridized carbons (Fsp3) is 0.211. The Balaban J connectivity index is 1.62. The van der Waals surface area contributed by atoms with E-state index >= 15 is 0 Å². The largest absolute Gasteiger partial charge is 0.497 e. The normalized spacial score (nSPS) is 10.7. The lowest BCUT2D eigenvalue weighted by Crippen LogP contribution is -2.07. The zero-order valence-corrected chi connectivity index (χ0v) is 13.2. The molecule has 0 N–H and O–H groups in total. The molecule has 4 heteroatoms. The number of benzene rings is 2. The van der Waals surface area contributed by atoms with Crippen LogP contribution < -0.4 is 4.74 Å². The third kappa shape index (κ3) is 3.54. The Bertz CT molecular complexity index is 815. The number of furan rings is 1. The Kier molecular flexibility index (Phi) is 4.33. The van der Waals surface area contributed by atoms with Gasteiger partial charge in [0, 0.05) is 10.9 Å². The maximum absolute atomic E-state index is 12.0. The number of ether oxygens (including phenoxy) is 2. The topological polar surface area (TPSA) is 48.7 Å². The highest BCUT2D eigenvalue weighted by atomic mass is 16.5. The minimum Gasteiger partial charge on any atom is -0.497 e. The Morgan fingerprint density at radius 1 is 1.13 bits per heavy atom. The second-order valence-electron chi connectivity index (χ2n) is 5.45. The number of carbonyl (C=O) groups is 1. The number of rotatable bonds is 5. The van der Waals surface area contributed by atoms with E-state index in [-0.39, 0.29) is 19.0 Å². The number of esters is 1. The predicted octanol–water partition coefficient (Wildman–Crippen LogP) is 4.04. The van der Waals surface area contributed by atoms with Crippen LogP contribution in [0.2, 0.25) is 0 Å². The molecular weight excluding hydrogens is 292 g/mol. The molecule has 0 atom stereocenters. The smallest absolute Gasteiger partial charge is 0.310 e.